The number of carbonyl (C=O) groups is 1. The number of carboxylic acids is 1. The van der Waals surface area contributed by atoms with Crippen molar-refractivity contribution < 1.29 is 53.4 Å². The molecule has 0 aliphatic carbocycles. The minimum absolute atomic E-state index is 0.0435. The summed E-state index contributed by atoms with van der Waals surface area (Å²) in [5, 5.41) is 12.1. The van der Waals surface area contributed by atoms with Crippen LogP contribution in [-0.2, 0) is 32.6 Å². The summed E-state index contributed by atoms with van der Waals surface area (Å²) in [6.07, 6.45) is -8.50. The number of nitrogens with one attached hydrogen (secondary N) is 2. The molecule has 0 spiro atoms. The van der Waals surface area contributed by atoms with Gasteiger partial charge in [0, 0.05) is 24.6 Å². The Bertz CT molecular complexity index is 1970. The summed E-state index contributed by atoms with van der Waals surface area (Å²) in [7, 11) is -5.56. The van der Waals surface area contributed by atoms with E-state index in [4.69, 9.17) is 5.11 Å². The average Bonchev–Trinajstić information content (AvgIpc) is 3.43. The largest absolute Gasteiger partial charge is 0.481 e. The molecule has 19 heteroatoms. The van der Waals surface area contributed by atoms with Gasteiger partial charge in [-0.05, 0) is 49.2 Å². The molecule has 0 bridgehead atoms. The Kier molecular flexibility index (Phi) is 10.6. The van der Waals surface area contributed by atoms with E-state index in [1.54, 1.807) is 25.5 Å². The lowest BCUT2D eigenvalue weighted by atomic mass is 9.98. The first-order valence-corrected chi connectivity index (χ1v) is 16.5. The number of alkyl halides is 6. The number of anilines is 2. The molecule has 0 aliphatic rings. The fourth-order valence-corrected chi connectivity index (χ4v) is 6.77. The monoisotopic (exact) mass is 737 g/mol. The minimum Gasteiger partial charge on any atom is -0.481 e. The number of thiazole rings is 1. The average molecular weight is 738 g/mol. The molecule has 2 heterocycles. The van der Waals surface area contributed by atoms with Gasteiger partial charge in [0.25, 0.3) is 10.0 Å². The summed E-state index contributed by atoms with van der Waals surface area (Å²) in [6.45, 7) is 5.57. The van der Waals surface area contributed by atoms with Crippen molar-refractivity contribution in [3.05, 3.63) is 70.4 Å². The summed E-state index contributed by atoms with van der Waals surface area (Å²) in [5.74, 6) is -3.72. The zero-order valence-corrected chi connectivity index (χ0v) is 27.4. The number of sulfonamides is 1. The molecule has 9 nitrogen and oxygen atoms in total. The Labute approximate surface area is 278 Å². The molecule has 3 N–H and O–H groups in total. The molecule has 0 saturated carbocycles. The highest BCUT2D eigenvalue weighted by molar-refractivity contribution is 7.92. The third kappa shape index (κ3) is 8.80. The summed E-state index contributed by atoms with van der Waals surface area (Å²) < 4.78 is 140. The van der Waals surface area contributed by atoms with Gasteiger partial charge < -0.3 is 10.4 Å². The third-order valence-electron chi connectivity index (χ3n) is 6.73. The summed E-state index contributed by atoms with van der Waals surface area (Å²) in [5.41, 5.74) is -6.49. The number of aromatic nitrogens is 3. The van der Waals surface area contributed by atoms with Gasteiger partial charge in [-0.25, -0.2) is 32.2 Å². The van der Waals surface area contributed by atoms with Crippen LogP contribution in [0.25, 0.3) is 21.8 Å². The first-order valence-electron chi connectivity index (χ1n) is 14.2. The molecular weight excluding hydrogens is 710 g/mol. The fourth-order valence-electron chi connectivity index (χ4n) is 4.36. The van der Waals surface area contributed by atoms with Crippen molar-refractivity contribution in [1.82, 2.24) is 15.0 Å². The molecule has 4 rings (SSSR count). The van der Waals surface area contributed by atoms with Gasteiger partial charge >= 0.3 is 18.3 Å². The lowest BCUT2D eigenvalue weighted by Crippen LogP contribution is -2.21. The van der Waals surface area contributed by atoms with Crippen molar-refractivity contribution in [1.29, 1.82) is 0 Å². The van der Waals surface area contributed by atoms with E-state index in [-0.39, 0.29) is 46.8 Å². The van der Waals surface area contributed by atoms with Crippen LogP contribution in [0.15, 0.2) is 47.5 Å². The molecule has 0 aliphatic heterocycles. The predicted molar refractivity (Wildman–Crippen MR) is 164 cm³/mol. The Morgan fingerprint density at radius 3 is 2.24 bits per heavy atom. The first-order chi connectivity index (χ1) is 22.6. The number of benzene rings is 2. The van der Waals surface area contributed by atoms with Gasteiger partial charge in [-0.3, -0.25) is 9.52 Å². The SMILES string of the molecule is CC(C)(C)c1nc(-c2c(F)ccc(NS(=O)(=O)c3cc(C(F)(F)F)ccc3C(F)(F)F)c2F)c(-c2ccnc(NCCCCC(=O)O)n2)s1. The van der Waals surface area contributed by atoms with Crippen LogP contribution < -0.4 is 10.0 Å². The Balaban J connectivity index is 1.80. The van der Waals surface area contributed by atoms with E-state index < -0.39 is 72.7 Å². The quantitative estimate of drug-likeness (QED) is 0.103. The van der Waals surface area contributed by atoms with E-state index in [2.05, 4.69) is 20.3 Å². The zero-order valence-electron chi connectivity index (χ0n) is 25.7. The highest BCUT2D eigenvalue weighted by atomic mass is 32.2. The number of hydrogen-bond acceptors (Lipinski definition) is 8. The van der Waals surface area contributed by atoms with Crippen LogP contribution >= 0.6 is 11.3 Å². The van der Waals surface area contributed by atoms with Crippen LogP contribution in [0.4, 0.5) is 46.8 Å². The Morgan fingerprint density at radius 1 is 0.939 bits per heavy atom. The molecule has 0 amide bonds. The lowest BCUT2D eigenvalue weighted by Gasteiger charge is -2.18. The van der Waals surface area contributed by atoms with Gasteiger partial charge in [0.05, 0.1) is 43.7 Å². The molecule has 2 aromatic heterocycles. The molecule has 4 aromatic rings. The van der Waals surface area contributed by atoms with E-state index in [0.717, 1.165) is 11.3 Å². The van der Waals surface area contributed by atoms with E-state index in [1.807, 2.05) is 0 Å². The second-order valence-corrected chi connectivity index (χ2v) is 14.2. The molecule has 0 radical (unpaired) electrons. The molecule has 0 unspecified atom stereocenters. The number of nitrogens with zero attached hydrogens (tertiary/aromatic N) is 3. The van der Waals surface area contributed by atoms with Gasteiger partial charge in [-0.2, -0.15) is 26.3 Å². The predicted octanol–water partition coefficient (Wildman–Crippen LogP) is 8.35. The summed E-state index contributed by atoms with van der Waals surface area (Å²) >= 11 is 1.00. The number of halogens is 8. The van der Waals surface area contributed by atoms with Crippen molar-refractivity contribution in [3.8, 4) is 21.8 Å². The summed E-state index contributed by atoms with van der Waals surface area (Å²) in [4.78, 5) is 21.9. The van der Waals surface area contributed by atoms with Crippen molar-refractivity contribution in [2.24, 2.45) is 0 Å². The van der Waals surface area contributed by atoms with E-state index in [1.165, 1.54) is 12.3 Å². The molecule has 264 valence electrons. The fraction of sp³-hybridized carbons (Fsp3) is 0.333. The lowest BCUT2D eigenvalue weighted by molar-refractivity contribution is -0.143. The normalized spacial score (nSPS) is 12.6. The minimum atomic E-state index is -5.56. The highest BCUT2D eigenvalue weighted by Crippen LogP contribution is 2.44. The standard InChI is InChI=1S/C30H27F8N5O4S2/c1-28(2,3)26-42-24(25(48-26)19-11-13-40-27(41-19)39-12-5-4-6-21(44)45)22-17(31)9-10-18(23(22)32)43-49(46,47)20-14-15(29(33,34)35)7-8-16(20)30(36,37)38/h7-11,13-14,43H,4-6,12H2,1-3H3,(H,44,45)(H,39,40,41). The number of rotatable bonds is 11. The molecule has 0 fully saturated rings. The molecule has 49 heavy (non-hydrogen) atoms. The van der Waals surface area contributed by atoms with Crippen molar-refractivity contribution >= 4 is 39.0 Å². The number of aliphatic carboxylic acids is 1. The molecule has 2 aromatic carbocycles. The second kappa shape index (κ2) is 13.9. The van der Waals surface area contributed by atoms with E-state index in [9.17, 15) is 39.6 Å². The van der Waals surface area contributed by atoms with Gasteiger partial charge in [-0.1, -0.05) is 20.8 Å². The molecular formula is C30H27F8N5O4S2. The number of carboxylic acid groups (broad SMARTS) is 1. The van der Waals surface area contributed by atoms with Gasteiger partial charge in [0.15, 0.2) is 5.82 Å². The maximum Gasteiger partial charge on any atom is 0.417 e. The van der Waals surface area contributed by atoms with Crippen LogP contribution in [-0.4, -0.2) is 41.0 Å². The maximum absolute atomic E-state index is 16.2. The van der Waals surface area contributed by atoms with Crippen molar-refractivity contribution in [2.45, 2.75) is 62.7 Å². The highest BCUT2D eigenvalue weighted by Gasteiger charge is 2.41. The van der Waals surface area contributed by atoms with Crippen molar-refractivity contribution in [3.63, 3.8) is 0 Å². The maximum atomic E-state index is 16.2. The topological polar surface area (TPSA) is 134 Å². The first kappa shape index (κ1) is 37.4. The van der Waals surface area contributed by atoms with Crippen LogP contribution in [0.1, 0.15) is 56.2 Å². The van der Waals surface area contributed by atoms with Gasteiger partial charge in [0.1, 0.15) is 10.7 Å². The summed E-state index contributed by atoms with van der Waals surface area (Å²) in [6, 6.07) is 2.38. The zero-order chi connectivity index (χ0) is 36.5. The third-order valence-corrected chi connectivity index (χ3v) is 9.64. The van der Waals surface area contributed by atoms with Crippen LogP contribution in [0.5, 0.6) is 0 Å². The number of hydrogen-bond donors (Lipinski definition) is 3. The molecule has 0 atom stereocenters. The van der Waals surface area contributed by atoms with Gasteiger partial charge in [-0.15, -0.1) is 11.3 Å². The van der Waals surface area contributed by atoms with Crippen LogP contribution in [0, 0.1) is 11.6 Å². The Hall–Kier alpha value is -4.39. The van der Waals surface area contributed by atoms with E-state index >= 15 is 8.78 Å². The van der Waals surface area contributed by atoms with Crippen molar-refractivity contribution in [2.75, 3.05) is 16.6 Å². The smallest absolute Gasteiger partial charge is 0.417 e. The van der Waals surface area contributed by atoms with Crippen LogP contribution in [0.2, 0.25) is 0 Å². The second-order valence-electron chi connectivity index (χ2n) is 11.6. The van der Waals surface area contributed by atoms with Crippen LogP contribution in [0.3, 0.4) is 0 Å². The van der Waals surface area contributed by atoms with E-state index in [0.29, 0.717) is 36.5 Å². The Morgan fingerprint density at radius 2 is 1.63 bits per heavy atom. The number of unbranched alkanes of at least 4 members (excludes halogenated alkanes) is 1. The molecule has 0 saturated heterocycles. The van der Waals surface area contributed by atoms with Gasteiger partial charge in [0.2, 0.25) is 5.95 Å².